The zero-order valence-corrected chi connectivity index (χ0v) is 19.1. The fourth-order valence-corrected chi connectivity index (χ4v) is 4.61. The fraction of sp³-hybridized carbons (Fsp3) is 0.280. The van der Waals surface area contributed by atoms with E-state index >= 15 is 0 Å². The van der Waals surface area contributed by atoms with Gasteiger partial charge in [0, 0.05) is 10.9 Å². The van der Waals surface area contributed by atoms with Crippen molar-refractivity contribution >= 4 is 21.6 Å². The molecule has 2 heterocycles. The highest BCUT2D eigenvalue weighted by Gasteiger charge is 2.15. The van der Waals surface area contributed by atoms with E-state index in [4.69, 9.17) is 9.47 Å². The second kappa shape index (κ2) is 8.94. The van der Waals surface area contributed by atoms with E-state index < -0.39 is 0 Å². The van der Waals surface area contributed by atoms with Gasteiger partial charge >= 0.3 is 0 Å². The number of fused-ring (bicyclic) bond motifs is 1. The van der Waals surface area contributed by atoms with Gasteiger partial charge in [-0.1, -0.05) is 29.8 Å². The van der Waals surface area contributed by atoms with Gasteiger partial charge in [0.25, 0.3) is 5.56 Å². The normalized spacial score (nSPS) is 11.1. The van der Waals surface area contributed by atoms with Crippen LogP contribution in [0.25, 0.3) is 21.3 Å². The van der Waals surface area contributed by atoms with Crippen molar-refractivity contribution in [3.05, 3.63) is 75.1 Å². The maximum absolute atomic E-state index is 13.2. The van der Waals surface area contributed by atoms with E-state index in [0.717, 1.165) is 28.0 Å². The number of hydrogen-bond acceptors (Lipinski definition) is 5. The van der Waals surface area contributed by atoms with Gasteiger partial charge in [-0.05, 0) is 56.5 Å². The summed E-state index contributed by atoms with van der Waals surface area (Å²) in [7, 11) is 0. The first-order valence-electron chi connectivity index (χ1n) is 10.4. The van der Waals surface area contributed by atoms with Crippen LogP contribution in [0.4, 0.5) is 0 Å². The first kappa shape index (κ1) is 21.1. The predicted octanol–water partition coefficient (Wildman–Crippen LogP) is 5.59. The van der Waals surface area contributed by atoms with Crippen LogP contribution in [-0.2, 0) is 6.54 Å². The van der Waals surface area contributed by atoms with Crippen molar-refractivity contribution in [2.24, 2.45) is 0 Å². The second-order valence-corrected chi connectivity index (χ2v) is 8.34. The van der Waals surface area contributed by atoms with Gasteiger partial charge in [0.15, 0.2) is 11.5 Å². The molecule has 0 aliphatic rings. The highest BCUT2D eigenvalue weighted by atomic mass is 32.1. The van der Waals surface area contributed by atoms with Gasteiger partial charge in [0.05, 0.1) is 31.6 Å². The molecule has 2 aromatic carbocycles. The summed E-state index contributed by atoms with van der Waals surface area (Å²) in [5.41, 5.74) is 6.08. The van der Waals surface area contributed by atoms with Crippen LogP contribution in [0.5, 0.6) is 11.5 Å². The topological polar surface area (TPSA) is 53.4 Å². The standard InChI is InChI=1S/C25H26N2O3S/c1-5-29-21-10-9-18(12-22(21)30-6-2)20-14-31-24-23(20)26-15-27(25(24)28)13-19-11-16(3)7-8-17(19)4/h7-12,14-15H,5-6,13H2,1-4H3. The Kier molecular flexibility index (Phi) is 6.09. The van der Waals surface area contributed by atoms with Crippen LogP contribution in [0.2, 0.25) is 0 Å². The molecule has 5 nitrogen and oxygen atoms in total. The van der Waals surface area contributed by atoms with Crippen molar-refractivity contribution in [3.63, 3.8) is 0 Å². The van der Waals surface area contributed by atoms with Crippen molar-refractivity contribution in [2.75, 3.05) is 13.2 Å². The van der Waals surface area contributed by atoms with Gasteiger partial charge < -0.3 is 9.47 Å². The average Bonchev–Trinajstić information content (AvgIpc) is 3.19. The number of ether oxygens (including phenoxy) is 2. The van der Waals surface area contributed by atoms with Crippen molar-refractivity contribution < 1.29 is 9.47 Å². The summed E-state index contributed by atoms with van der Waals surface area (Å²) in [6.45, 7) is 9.66. The van der Waals surface area contributed by atoms with E-state index in [1.165, 1.54) is 22.5 Å². The molecule has 0 bridgehead atoms. The Hall–Kier alpha value is -3.12. The maximum Gasteiger partial charge on any atom is 0.271 e. The smallest absolute Gasteiger partial charge is 0.271 e. The van der Waals surface area contributed by atoms with Crippen LogP contribution < -0.4 is 15.0 Å². The molecule has 2 aromatic heterocycles. The Morgan fingerprint density at radius 2 is 1.77 bits per heavy atom. The molecular formula is C25H26N2O3S. The van der Waals surface area contributed by atoms with Crippen molar-refractivity contribution in [2.45, 2.75) is 34.2 Å². The van der Waals surface area contributed by atoms with Crippen LogP contribution in [-0.4, -0.2) is 22.8 Å². The van der Waals surface area contributed by atoms with Gasteiger partial charge in [0.2, 0.25) is 0 Å². The fourth-order valence-electron chi connectivity index (χ4n) is 3.63. The first-order valence-corrected chi connectivity index (χ1v) is 11.3. The van der Waals surface area contributed by atoms with Gasteiger partial charge in [0.1, 0.15) is 4.70 Å². The summed E-state index contributed by atoms with van der Waals surface area (Å²) in [6.07, 6.45) is 1.65. The van der Waals surface area contributed by atoms with Crippen molar-refractivity contribution in [1.82, 2.24) is 9.55 Å². The van der Waals surface area contributed by atoms with E-state index in [0.29, 0.717) is 30.2 Å². The van der Waals surface area contributed by atoms with Crippen molar-refractivity contribution in [1.29, 1.82) is 0 Å². The van der Waals surface area contributed by atoms with Crippen LogP contribution in [0, 0.1) is 13.8 Å². The minimum atomic E-state index is -0.0156. The highest BCUT2D eigenvalue weighted by Crippen LogP contribution is 2.36. The summed E-state index contributed by atoms with van der Waals surface area (Å²) >= 11 is 1.43. The van der Waals surface area contributed by atoms with Crippen LogP contribution in [0.15, 0.2) is 52.9 Å². The minimum absolute atomic E-state index is 0.0156. The number of benzene rings is 2. The van der Waals surface area contributed by atoms with Crippen LogP contribution >= 0.6 is 11.3 Å². The first-order chi connectivity index (χ1) is 15.0. The quantitative estimate of drug-likeness (QED) is 0.381. The summed E-state index contributed by atoms with van der Waals surface area (Å²) < 4.78 is 13.8. The Labute approximate surface area is 185 Å². The molecule has 0 spiro atoms. The number of nitrogens with zero attached hydrogens (tertiary/aromatic N) is 2. The molecule has 0 saturated heterocycles. The molecule has 6 heteroatoms. The molecule has 0 radical (unpaired) electrons. The number of rotatable bonds is 7. The maximum atomic E-state index is 13.2. The van der Waals surface area contributed by atoms with E-state index in [-0.39, 0.29) is 5.56 Å². The lowest BCUT2D eigenvalue weighted by Crippen LogP contribution is -2.20. The average molecular weight is 435 g/mol. The molecule has 0 unspecified atom stereocenters. The lowest BCUT2D eigenvalue weighted by molar-refractivity contribution is 0.288. The van der Waals surface area contributed by atoms with Crippen LogP contribution in [0.3, 0.4) is 0 Å². The summed E-state index contributed by atoms with van der Waals surface area (Å²) in [4.78, 5) is 17.8. The van der Waals surface area contributed by atoms with Crippen molar-refractivity contribution in [3.8, 4) is 22.6 Å². The third-order valence-electron chi connectivity index (χ3n) is 5.25. The third-order valence-corrected chi connectivity index (χ3v) is 6.20. The largest absolute Gasteiger partial charge is 0.490 e. The molecule has 0 atom stereocenters. The Bertz CT molecular complexity index is 1290. The number of aromatic nitrogens is 2. The lowest BCUT2D eigenvalue weighted by Gasteiger charge is -2.12. The molecule has 0 aliphatic carbocycles. The van der Waals surface area contributed by atoms with E-state index in [1.54, 1.807) is 10.9 Å². The highest BCUT2D eigenvalue weighted by molar-refractivity contribution is 7.17. The van der Waals surface area contributed by atoms with E-state index in [2.05, 4.69) is 37.0 Å². The molecule has 0 N–H and O–H groups in total. The molecule has 0 amide bonds. The summed E-state index contributed by atoms with van der Waals surface area (Å²) in [6, 6.07) is 12.2. The minimum Gasteiger partial charge on any atom is -0.490 e. The number of aryl methyl sites for hydroxylation is 2. The van der Waals surface area contributed by atoms with E-state index in [1.807, 2.05) is 37.4 Å². The zero-order chi connectivity index (χ0) is 22.0. The SMILES string of the molecule is CCOc1ccc(-c2csc3c(=O)n(Cc4cc(C)ccc4C)cnc23)cc1OCC. The molecule has 4 rings (SSSR count). The molecular weight excluding hydrogens is 408 g/mol. The van der Waals surface area contributed by atoms with Gasteiger partial charge in [-0.3, -0.25) is 9.36 Å². The summed E-state index contributed by atoms with van der Waals surface area (Å²) in [5.74, 6) is 1.42. The molecule has 160 valence electrons. The molecule has 0 fully saturated rings. The molecule has 4 aromatic rings. The Balaban J connectivity index is 1.74. The molecule has 31 heavy (non-hydrogen) atoms. The third kappa shape index (κ3) is 4.21. The van der Waals surface area contributed by atoms with Gasteiger partial charge in [-0.2, -0.15) is 0 Å². The summed E-state index contributed by atoms with van der Waals surface area (Å²) in [5, 5.41) is 1.99. The lowest BCUT2D eigenvalue weighted by atomic mass is 10.1. The number of hydrogen-bond donors (Lipinski definition) is 0. The number of thiophene rings is 1. The van der Waals surface area contributed by atoms with Gasteiger partial charge in [-0.15, -0.1) is 11.3 Å². The molecule has 0 saturated carbocycles. The molecule has 0 aliphatic heterocycles. The monoisotopic (exact) mass is 434 g/mol. The van der Waals surface area contributed by atoms with Crippen LogP contribution in [0.1, 0.15) is 30.5 Å². The van der Waals surface area contributed by atoms with Gasteiger partial charge in [-0.25, -0.2) is 4.98 Å². The Morgan fingerprint density at radius 3 is 2.55 bits per heavy atom. The van der Waals surface area contributed by atoms with E-state index in [9.17, 15) is 4.79 Å². The predicted molar refractivity (Wildman–Crippen MR) is 127 cm³/mol. The Morgan fingerprint density at radius 1 is 1.00 bits per heavy atom. The second-order valence-electron chi connectivity index (χ2n) is 7.46. The zero-order valence-electron chi connectivity index (χ0n) is 18.3.